The number of rotatable bonds is 6. The molecule has 1 aliphatic rings. The fourth-order valence-electron chi connectivity index (χ4n) is 3.41. The van der Waals surface area contributed by atoms with Crippen LogP contribution in [0, 0.1) is 17.2 Å². The number of nitrogens with one attached hydrogen (secondary N) is 2. The average Bonchev–Trinajstić information content (AvgIpc) is 3.55. The molecule has 0 radical (unpaired) electrons. The Bertz CT molecular complexity index is 1300. The monoisotopic (exact) mass is 409 g/mol. The Hall–Kier alpha value is -4.18. The van der Waals surface area contributed by atoms with Crippen LogP contribution in [0.4, 0.5) is 5.69 Å². The van der Waals surface area contributed by atoms with Crippen LogP contribution in [0.1, 0.15) is 28.8 Å². The number of benzene rings is 2. The van der Waals surface area contributed by atoms with Crippen LogP contribution in [-0.2, 0) is 0 Å². The van der Waals surface area contributed by atoms with E-state index in [9.17, 15) is 10.1 Å². The van der Waals surface area contributed by atoms with E-state index in [4.69, 9.17) is 4.74 Å². The topological polar surface area (TPSA) is 104 Å². The third-order valence-corrected chi connectivity index (χ3v) is 5.29. The minimum atomic E-state index is -0.208. The van der Waals surface area contributed by atoms with Crippen LogP contribution >= 0.6 is 0 Å². The molecule has 2 aromatic heterocycles. The molecule has 5 rings (SSSR count). The van der Waals surface area contributed by atoms with Gasteiger partial charge < -0.3 is 10.1 Å². The number of nitriles is 1. The maximum Gasteiger partial charge on any atom is 0.255 e. The smallest absolute Gasteiger partial charge is 0.255 e. The number of carbonyl (C=O) groups excluding carboxylic acids is 1. The second-order valence-corrected chi connectivity index (χ2v) is 7.60. The SMILES string of the molecule is N#Cc1cc2[nH]nc(-c3cccc(NC(=O)c4ccncc4)c3)c2cc1OCC1CC1. The van der Waals surface area contributed by atoms with Crippen molar-refractivity contribution in [3.8, 4) is 23.1 Å². The normalized spacial score (nSPS) is 13.0. The van der Waals surface area contributed by atoms with Gasteiger partial charge in [0.1, 0.15) is 17.5 Å². The summed E-state index contributed by atoms with van der Waals surface area (Å²) < 4.78 is 5.92. The molecular formula is C24H19N5O2. The molecule has 152 valence electrons. The summed E-state index contributed by atoms with van der Waals surface area (Å²) in [5.74, 6) is 0.958. The van der Waals surface area contributed by atoms with E-state index in [0.29, 0.717) is 35.1 Å². The lowest BCUT2D eigenvalue weighted by Crippen LogP contribution is -2.11. The number of carbonyl (C=O) groups is 1. The van der Waals surface area contributed by atoms with Crippen LogP contribution in [-0.4, -0.2) is 27.7 Å². The zero-order valence-electron chi connectivity index (χ0n) is 16.6. The van der Waals surface area contributed by atoms with Crippen molar-refractivity contribution in [1.29, 1.82) is 5.26 Å². The van der Waals surface area contributed by atoms with Crippen LogP contribution in [0.3, 0.4) is 0 Å². The number of ether oxygens (including phenoxy) is 1. The molecule has 31 heavy (non-hydrogen) atoms. The third kappa shape index (κ3) is 3.96. The average molecular weight is 409 g/mol. The summed E-state index contributed by atoms with van der Waals surface area (Å²) in [5.41, 5.74) is 4.02. The van der Waals surface area contributed by atoms with E-state index in [1.165, 1.54) is 12.8 Å². The quantitative estimate of drug-likeness (QED) is 0.487. The lowest BCUT2D eigenvalue weighted by Gasteiger charge is -2.09. The lowest BCUT2D eigenvalue weighted by molar-refractivity contribution is 0.102. The third-order valence-electron chi connectivity index (χ3n) is 5.29. The second kappa shape index (κ2) is 7.92. The van der Waals surface area contributed by atoms with Gasteiger partial charge in [-0.15, -0.1) is 0 Å². The molecule has 0 bridgehead atoms. The van der Waals surface area contributed by atoms with E-state index in [1.807, 2.05) is 30.3 Å². The number of aromatic nitrogens is 3. The highest BCUT2D eigenvalue weighted by molar-refractivity contribution is 6.04. The number of nitrogens with zero attached hydrogens (tertiary/aromatic N) is 3. The molecule has 1 fully saturated rings. The highest BCUT2D eigenvalue weighted by Crippen LogP contribution is 2.34. The Morgan fingerprint density at radius 2 is 2.03 bits per heavy atom. The van der Waals surface area contributed by atoms with Gasteiger partial charge >= 0.3 is 0 Å². The van der Waals surface area contributed by atoms with E-state index in [0.717, 1.165) is 22.2 Å². The zero-order chi connectivity index (χ0) is 21.2. The van der Waals surface area contributed by atoms with Crippen LogP contribution in [0.5, 0.6) is 5.75 Å². The van der Waals surface area contributed by atoms with Gasteiger partial charge in [0.25, 0.3) is 5.91 Å². The van der Waals surface area contributed by atoms with Crippen molar-refractivity contribution in [3.05, 3.63) is 72.1 Å². The summed E-state index contributed by atoms with van der Waals surface area (Å²) >= 11 is 0. The molecule has 0 unspecified atom stereocenters. The Morgan fingerprint density at radius 1 is 1.19 bits per heavy atom. The highest BCUT2D eigenvalue weighted by atomic mass is 16.5. The molecule has 2 N–H and O–H groups in total. The number of fused-ring (bicyclic) bond motifs is 1. The Balaban J connectivity index is 1.46. The molecule has 7 nitrogen and oxygen atoms in total. The van der Waals surface area contributed by atoms with E-state index in [-0.39, 0.29) is 5.91 Å². The summed E-state index contributed by atoms with van der Waals surface area (Å²) in [6.45, 7) is 0.629. The Kier molecular flexibility index (Phi) is 4.81. The van der Waals surface area contributed by atoms with Gasteiger partial charge in [-0.3, -0.25) is 14.9 Å². The molecule has 0 spiro atoms. The zero-order valence-corrected chi connectivity index (χ0v) is 16.6. The predicted octanol–water partition coefficient (Wildman–Crippen LogP) is 4.54. The molecular weight excluding hydrogens is 390 g/mol. The largest absolute Gasteiger partial charge is 0.492 e. The van der Waals surface area contributed by atoms with E-state index < -0.39 is 0 Å². The van der Waals surface area contributed by atoms with Crippen molar-refractivity contribution in [2.24, 2.45) is 5.92 Å². The molecule has 0 aliphatic heterocycles. The molecule has 1 amide bonds. The van der Waals surface area contributed by atoms with Gasteiger partial charge in [0.05, 0.1) is 17.7 Å². The van der Waals surface area contributed by atoms with Crippen molar-refractivity contribution < 1.29 is 9.53 Å². The minimum Gasteiger partial charge on any atom is -0.492 e. The van der Waals surface area contributed by atoms with Gasteiger partial charge in [-0.05, 0) is 55.2 Å². The fraction of sp³-hybridized carbons (Fsp3) is 0.167. The number of hydrogen-bond donors (Lipinski definition) is 2. The van der Waals surface area contributed by atoms with Crippen LogP contribution in [0.15, 0.2) is 60.9 Å². The minimum absolute atomic E-state index is 0.208. The number of hydrogen-bond acceptors (Lipinski definition) is 5. The molecule has 4 aromatic rings. The fourth-order valence-corrected chi connectivity index (χ4v) is 3.41. The van der Waals surface area contributed by atoms with Gasteiger partial charge in [0.2, 0.25) is 0 Å². The summed E-state index contributed by atoms with van der Waals surface area (Å²) in [6.07, 6.45) is 5.53. The van der Waals surface area contributed by atoms with Crippen molar-refractivity contribution in [2.45, 2.75) is 12.8 Å². The molecule has 2 heterocycles. The first kappa shape index (κ1) is 18.8. The number of pyridine rings is 1. The Labute approximate surface area is 178 Å². The Morgan fingerprint density at radius 3 is 2.81 bits per heavy atom. The number of H-pyrrole nitrogens is 1. The van der Waals surface area contributed by atoms with E-state index in [1.54, 1.807) is 30.6 Å². The van der Waals surface area contributed by atoms with Crippen LogP contribution < -0.4 is 10.1 Å². The summed E-state index contributed by atoms with van der Waals surface area (Å²) in [6, 6.07) is 16.7. The van der Waals surface area contributed by atoms with Gasteiger partial charge in [-0.1, -0.05) is 12.1 Å². The number of anilines is 1. The predicted molar refractivity (Wildman–Crippen MR) is 117 cm³/mol. The first-order chi connectivity index (χ1) is 15.2. The molecule has 0 saturated heterocycles. The molecule has 7 heteroatoms. The molecule has 1 aliphatic carbocycles. The second-order valence-electron chi connectivity index (χ2n) is 7.60. The lowest BCUT2D eigenvalue weighted by atomic mass is 10.0. The van der Waals surface area contributed by atoms with Crippen molar-refractivity contribution >= 4 is 22.5 Å². The highest BCUT2D eigenvalue weighted by Gasteiger charge is 2.23. The van der Waals surface area contributed by atoms with Gasteiger partial charge in [0.15, 0.2) is 0 Å². The first-order valence-electron chi connectivity index (χ1n) is 10.1. The maximum absolute atomic E-state index is 12.5. The first-order valence-corrected chi connectivity index (χ1v) is 10.1. The van der Waals surface area contributed by atoms with E-state index in [2.05, 4.69) is 26.6 Å². The van der Waals surface area contributed by atoms with Gasteiger partial charge in [-0.25, -0.2) is 0 Å². The van der Waals surface area contributed by atoms with Gasteiger partial charge in [0, 0.05) is 34.6 Å². The molecule has 1 saturated carbocycles. The summed E-state index contributed by atoms with van der Waals surface area (Å²) in [7, 11) is 0. The van der Waals surface area contributed by atoms with Crippen molar-refractivity contribution in [2.75, 3.05) is 11.9 Å². The molecule has 0 atom stereocenters. The van der Waals surface area contributed by atoms with Crippen LogP contribution in [0.2, 0.25) is 0 Å². The standard InChI is InChI=1S/C24H19N5O2/c25-13-18-11-21-20(12-22(18)31-14-15-4-5-15)23(29-28-21)17-2-1-3-19(10-17)27-24(30)16-6-8-26-9-7-16/h1-3,6-12,15H,4-5,14H2,(H,27,30)(H,28,29). The number of amides is 1. The molecule has 2 aromatic carbocycles. The van der Waals surface area contributed by atoms with Crippen LogP contribution in [0.25, 0.3) is 22.2 Å². The summed E-state index contributed by atoms with van der Waals surface area (Å²) in [5, 5.41) is 20.7. The van der Waals surface area contributed by atoms with E-state index >= 15 is 0 Å². The van der Waals surface area contributed by atoms with Crippen molar-refractivity contribution in [1.82, 2.24) is 15.2 Å². The van der Waals surface area contributed by atoms with Gasteiger partial charge in [-0.2, -0.15) is 10.4 Å². The maximum atomic E-state index is 12.5. The number of aromatic amines is 1. The summed E-state index contributed by atoms with van der Waals surface area (Å²) in [4.78, 5) is 16.4. The van der Waals surface area contributed by atoms with Crippen molar-refractivity contribution in [3.63, 3.8) is 0 Å².